The van der Waals surface area contributed by atoms with Crippen molar-refractivity contribution in [3.8, 4) is 0 Å². The minimum atomic E-state index is 0.927. The minimum Gasteiger partial charge on any atom is -0.324 e. The average Bonchev–Trinajstić information content (AvgIpc) is 2.40. The molecule has 2 rings (SSSR count). The fraction of sp³-hybridized carbons (Fsp3) is 0.615. The molecule has 1 aromatic heterocycles. The molecule has 17 heavy (non-hydrogen) atoms. The van der Waals surface area contributed by atoms with E-state index < -0.39 is 0 Å². The zero-order chi connectivity index (χ0) is 12.1. The molecule has 1 aliphatic rings. The summed E-state index contributed by atoms with van der Waals surface area (Å²) >= 11 is 0. The molecule has 2 heterocycles. The third-order valence-electron chi connectivity index (χ3n) is 3.65. The van der Waals surface area contributed by atoms with Crippen LogP contribution in [0.5, 0.6) is 0 Å². The Morgan fingerprint density at radius 1 is 1.47 bits per heavy atom. The second kappa shape index (κ2) is 5.98. The second-order valence-corrected chi connectivity index (χ2v) is 4.81. The lowest BCUT2D eigenvalue weighted by atomic mass is 9.94. The first-order valence-corrected chi connectivity index (χ1v) is 6.45. The van der Waals surface area contributed by atoms with E-state index in [4.69, 9.17) is 5.84 Å². The van der Waals surface area contributed by atoms with Crippen LogP contribution < -0.4 is 11.3 Å². The summed E-state index contributed by atoms with van der Waals surface area (Å²) < 4.78 is 0. The summed E-state index contributed by atoms with van der Waals surface area (Å²) in [5.74, 6) is 6.32. The Labute approximate surface area is 103 Å². The number of nitrogens with two attached hydrogens (primary N) is 1. The Balaban J connectivity index is 1.88. The van der Waals surface area contributed by atoms with Gasteiger partial charge in [0.15, 0.2) is 0 Å². The molecule has 0 aromatic carbocycles. The van der Waals surface area contributed by atoms with Crippen molar-refractivity contribution in [2.75, 3.05) is 18.5 Å². The summed E-state index contributed by atoms with van der Waals surface area (Å²) in [6.07, 6.45) is 5.78. The number of hydrogen-bond donors (Lipinski definition) is 2. The predicted octanol–water partition coefficient (Wildman–Crippen LogP) is 1.99. The summed E-state index contributed by atoms with van der Waals surface area (Å²) in [6, 6.07) is 3.90. The minimum absolute atomic E-state index is 0.927. The van der Waals surface area contributed by atoms with Crippen molar-refractivity contribution in [1.29, 1.82) is 0 Å². The van der Waals surface area contributed by atoms with E-state index >= 15 is 0 Å². The van der Waals surface area contributed by atoms with Crippen molar-refractivity contribution >= 4 is 5.69 Å². The first-order chi connectivity index (χ1) is 8.31. The van der Waals surface area contributed by atoms with Gasteiger partial charge in [-0.15, -0.1) is 0 Å². The van der Waals surface area contributed by atoms with E-state index in [0.717, 1.165) is 23.8 Å². The Kier molecular flexibility index (Phi) is 4.34. The third kappa shape index (κ3) is 3.41. The molecule has 1 fully saturated rings. The number of pyridine rings is 1. The van der Waals surface area contributed by atoms with Crippen LogP contribution in [0.25, 0.3) is 0 Å². The molecule has 0 atom stereocenters. The number of anilines is 1. The molecule has 0 spiro atoms. The highest BCUT2D eigenvalue weighted by Crippen LogP contribution is 2.21. The molecule has 0 amide bonds. The SMILES string of the molecule is CCC1CCN(Cc2cc(NN)ccn2)CC1. The average molecular weight is 234 g/mol. The van der Waals surface area contributed by atoms with Crippen LogP contribution in [0.3, 0.4) is 0 Å². The van der Waals surface area contributed by atoms with Crippen molar-refractivity contribution in [2.45, 2.75) is 32.7 Å². The largest absolute Gasteiger partial charge is 0.324 e. The van der Waals surface area contributed by atoms with E-state index in [-0.39, 0.29) is 0 Å². The number of nitrogen functional groups attached to an aromatic ring is 1. The number of likely N-dealkylation sites (tertiary alicyclic amines) is 1. The molecule has 1 aromatic rings. The monoisotopic (exact) mass is 234 g/mol. The Hall–Kier alpha value is -1.13. The van der Waals surface area contributed by atoms with E-state index in [1.54, 1.807) is 0 Å². The van der Waals surface area contributed by atoms with Gasteiger partial charge in [0.2, 0.25) is 0 Å². The lowest BCUT2D eigenvalue weighted by molar-refractivity contribution is 0.173. The fourth-order valence-corrected chi connectivity index (χ4v) is 2.44. The molecule has 1 saturated heterocycles. The molecule has 0 unspecified atom stereocenters. The molecular weight excluding hydrogens is 212 g/mol. The maximum atomic E-state index is 5.40. The zero-order valence-corrected chi connectivity index (χ0v) is 10.5. The number of piperidine rings is 1. The number of hydrazine groups is 1. The van der Waals surface area contributed by atoms with Gasteiger partial charge in [0, 0.05) is 12.7 Å². The van der Waals surface area contributed by atoms with Gasteiger partial charge in [-0.3, -0.25) is 15.7 Å². The van der Waals surface area contributed by atoms with E-state index in [9.17, 15) is 0 Å². The van der Waals surface area contributed by atoms with Crippen LogP contribution in [0, 0.1) is 5.92 Å². The van der Waals surface area contributed by atoms with Gasteiger partial charge >= 0.3 is 0 Å². The Morgan fingerprint density at radius 2 is 2.24 bits per heavy atom. The molecule has 0 saturated carbocycles. The van der Waals surface area contributed by atoms with Crippen LogP contribution in [0.4, 0.5) is 5.69 Å². The highest BCUT2D eigenvalue weighted by Gasteiger charge is 2.17. The first kappa shape index (κ1) is 12.3. The van der Waals surface area contributed by atoms with Crippen LogP contribution in [-0.4, -0.2) is 23.0 Å². The molecule has 4 nitrogen and oxygen atoms in total. The van der Waals surface area contributed by atoms with Gasteiger partial charge in [0.05, 0.1) is 11.4 Å². The number of hydrogen-bond acceptors (Lipinski definition) is 4. The van der Waals surface area contributed by atoms with Crippen molar-refractivity contribution in [1.82, 2.24) is 9.88 Å². The highest BCUT2D eigenvalue weighted by atomic mass is 15.2. The van der Waals surface area contributed by atoms with Crippen molar-refractivity contribution < 1.29 is 0 Å². The molecule has 3 N–H and O–H groups in total. The van der Waals surface area contributed by atoms with Crippen LogP contribution in [-0.2, 0) is 6.54 Å². The summed E-state index contributed by atoms with van der Waals surface area (Å²) in [5.41, 5.74) is 4.68. The lowest BCUT2D eigenvalue weighted by Gasteiger charge is -2.31. The topological polar surface area (TPSA) is 54.2 Å². The number of nitrogens with zero attached hydrogens (tertiary/aromatic N) is 2. The van der Waals surface area contributed by atoms with Crippen LogP contribution in [0.15, 0.2) is 18.3 Å². The van der Waals surface area contributed by atoms with Gasteiger partial charge in [-0.05, 0) is 44.0 Å². The fourth-order valence-electron chi connectivity index (χ4n) is 2.44. The molecule has 0 aliphatic carbocycles. The normalized spacial score (nSPS) is 18.2. The molecule has 0 radical (unpaired) electrons. The van der Waals surface area contributed by atoms with Gasteiger partial charge in [0.25, 0.3) is 0 Å². The van der Waals surface area contributed by atoms with E-state index in [1.807, 2.05) is 18.3 Å². The van der Waals surface area contributed by atoms with Crippen molar-refractivity contribution in [3.63, 3.8) is 0 Å². The van der Waals surface area contributed by atoms with E-state index in [2.05, 4.69) is 22.2 Å². The maximum Gasteiger partial charge on any atom is 0.0564 e. The Bertz CT molecular complexity index is 345. The third-order valence-corrected chi connectivity index (χ3v) is 3.65. The van der Waals surface area contributed by atoms with Crippen LogP contribution in [0.1, 0.15) is 31.9 Å². The van der Waals surface area contributed by atoms with Gasteiger partial charge in [-0.25, -0.2) is 0 Å². The first-order valence-electron chi connectivity index (χ1n) is 6.45. The zero-order valence-electron chi connectivity index (χ0n) is 10.5. The van der Waals surface area contributed by atoms with Crippen molar-refractivity contribution in [3.05, 3.63) is 24.0 Å². The number of rotatable bonds is 4. The van der Waals surface area contributed by atoms with Gasteiger partial charge in [0.1, 0.15) is 0 Å². The molecule has 4 heteroatoms. The smallest absolute Gasteiger partial charge is 0.0564 e. The lowest BCUT2D eigenvalue weighted by Crippen LogP contribution is -2.33. The molecular formula is C13H22N4. The highest BCUT2D eigenvalue weighted by molar-refractivity contribution is 5.41. The predicted molar refractivity (Wildman–Crippen MR) is 70.3 cm³/mol. The quantitative estimate of drug-likeness (QED) is 0.618. The van der Waals surface area contributed by atoms with Gasteiger partial charge in [-0.2, -0.15) is 0 Å². The second-order valence-electron chi connectivity index (χ2n) is 4.81. The molecule has 94 valence electrons. The van der Waals surface area contributed by atoms with Gasteiger partial charge < -0.3 is 5.43 Å². The van der Waals surface area contributed by atoms with E-state index in [0.29, 0.717) is 0 Å². The molecule has 0 bridgehead atoms. The Morgan fingerprint density at radius 3 is 2.88 bits per heavy atom. The van der Waals surface area contributed by atoms with E-state index in [1.165, 1.54) is 32.4 Å². The summed E-state index contributed by atoms with van der Waals surface area (Å²) in [7, 11) is 0. The number of aromatic nitrogens is 1. The summed E-state index contributed by atoms with van der Waals surface area (Å²) in [6.45, 7) is 5.62. The van der Waals surface area contributed by atoms with Gasteiger partial charge in [-0.1, -0.05) is 13.3 Å². The van der Waals surface area contributed by atoms with Crippen molar-refractivity contribution in [2.24, 2.45) is 11.8 Å². The molecule has 1 aliphatic heterocycles. The standard InChI is InChI=1S/C13H22N4/c1-2-11-4-7-17(8-5-11)10-13-9-12(16-14)3-6-15-13/h3,6,9,11H,2,4-5,7-8,10,14H2,1H3,(H,15,16). The number of nitrogens with one attached hydrogen (secondary N) is 1. The maximum absolute atomic E-state index is 5.40. The van der Waals surface area contributed by atoms with Crippen LogP contribution in [0.2, 0.25) is 0 Å². The summed E-state index contributed by atoms with van der Waals surface area (Å²) in [5, 5.41) is 0. The summed E-state index contributed by atoms with van der Waals surface area (Å²) in [4.78, 5) is 6.86. The van der Waals surface area contributed by atoms with Crippen LogP contribution >= 0.6 is 0 Å².